The molecule has 3 rings (SSSR count). The third kappa shape index (κ3) is 4.35. The first-order valence-corrected chi connectivity index (χ1v) is 8.12. The molecule has 0 unspecified atom stereocenters. The number of ether oxygens (including phenoxy) is 1. The summed E-state index contributed by atoms with van der Waals surface area (Å²) in [5.41, 5.74) is 0.898. The van der Waals surface area contributed by atoms with E-state index in [4.69, 9.17) is 4.74 Å². The van der Waals surface area contributed by atoms with Gasteiger partial charge in [0.1, 0.15) is 17.8 Å². The maximum Gasteiger partial charge on any atom is 0.356 e. The maximum atomic E-state index is 13.2. The van der Waals surface area contributed by atoms with Crippen LogP contribution in [0.4, 0.5) is 10.3 Å². The topological polar surface area (TPSA) is 104 Å². The van der Waals surface area contributed by atoms with Gasteiger partial charge in [0, 0.05) is 13.1 Å². The summed E-state index contributed by atoms with van der Waals surface area (Å²) in [6.45, 7) is 2.21. The number of nitrogens with one attached hydrogen (secondary N) is 1. The van der Waals surface area contributed by atoms with Gasteiger partial charge in [0.25, 0.3) is 5.91 Å². The zero-order valence-corrected chi connectivity index (χ0v) is 14.7. The minimum atomic E-state index is -0.566. The number of halogens is 1. The lowest BCUT2D eigenvalue weighted by Gasteiger charge is -2.01. The van der Waals surface area contributed by atoms with E-state index in [0.29, 0.717) is 12.1 Å². The lowest BCUT2D eigenvalue weighted by molar-refractivity contribution is 0.0513. The molecule has 2 aromatic heterocycles. The molecule has 0 atom stereocenters. The van der Waals surface area contributed by atoms with Gasteiger partial charge in [0.15, 0.2) is 5.69 Å². The number of nitrogens with zero attached hydrogens (tertiary/aromatic N) is 5. The summed E-state index contributed by atoms with van der Waals surface area (Å²) in [6, 6.07) is 7.44. The Morgan fingerprint density at radius 1 is 1.26 bits per heavy atom. The van der Waals surface area contributed by atoms with Gasteiger partial charge in [-0.2, -0.15) is 5.10 Å². The van der Waals surface area contributed by atoms with E-state index in [1.54, 1.807) is 19.1 Å². The summed E-state index contributed by atoms with van der Waals surface area (Å²) in [5.74, 6) is -1.40. The molecule has 27 heavy (non-hydrogen) atoms. The van der Waals surface area contributed by atoms with Crippen molar-refractivity contribution < 1.29 is 18.7 Å². The molecule has 2 heterocycles. The molecule has 9 nitrogen and oxygen atoms in total. The van der Waals surface area contributed by atoms with Crippen LogP contribution in [0.5, 0.6) is 0 Å². The first kappa shape index (κ1) is 18.2. The summed E-state index contributed by atoms with van der Waals surface area (Å²) in [7, 11) is 1.54. The zero-order valence-electron chi connectivity index (χ0n) is 14.7. The first-order chi connectivity index (χ1) is 13.0. The molecular formula is C17H17FN6O3. The fraction of sp³-hybridized carbons (Fsp3) is 0.235. The minimum absolute atomic E-state index is 0.0297. The highest BCUT2D eigenvalue weighted by Gasteiger charge is 2.19. The molecule has 0 fully saturated rings. The van der Waals surface area contributed by atoms with Crippen LogP contribution in [-0.2, 0) is 18.3 Å². The Labute approximate surface area is 153 Å². The Balaban J connectivity index is 1.67. The largest absolute Gasteiger partial charge is 0.461 e. The van der Waals surface area contributed by atoms with Gasteiger partial charge in [-0.15, -0.1) is 5.10 Å². The molecule has 0 aliphatic heterocycles. The number of rotatable bonds is 6. The quantitative estimate of drug-likeness (QED) is 0.660. The number of hydrogen-bond donors (Lipinski definition) is 1. The lowest BCUT2D eigenvalue weighted by Crippen LogP contribution is -2.14. The van der Waals surface area contributed by atoms with Crippen LogP contribution in [0.2, 0.25) is 0 Å². The van der Waals surface area contributed by atoms with Gasteiger partial charge in [-0.1, -0.05) is 12.1 Å². The number of aromatic nitrogens is 5. The number of aryl methyl sites for hydroxylation is 1. The number of anilines is 1. The number of benzene rings is 1. The molecule has 1 amide bonds. The van der Waals surface area contributed by atoms with Crippen molar-refractivity contribution in [3.63, 3.8) is 0 Å². The SMILES string of the molecule is CCOC(=O)c1cc(C(=O)Nc2ncn(Cc3cccc(F)c3)n2)nn1C. The number of hydrogen-bond acceptors (Lipinski definition) is 6. The van der Waals surface area contributed by atoms with Crippen LogP contribution in [0.15, 0.2) is 36.7 Å². The smallest absolute Gasteiger partial charge is 0.356 e. The van der Waals surface area contributed by atoms with E-state index in [1.807, 2.05) is 0 Å². The Bertz CT molecular complexity index is 981. The van der Waals surface area contributed by atoms with Crippen molar-refractivity contribution in [2.75, 3.05) is 11.9 Å². The monoisotopic (exact) mass is 372 g/mol. The van der Waals surface area contributed by atoms with Crippen molar-refractivity contribution in [1.29, 1.82) is 0 Å². The first-order valence-electron chi connectivity index (χ1n) is 8.12. The van der Waals surface area contributed by atoms with Crippen LogP contribution in [0.3, 0.4) is 0 Å². The summed E-state index contributed by atoms with van der Waals surface area (Å²) in [5, 5.41) is 10.6. The third-order valence-corrected chi connectivity index (χ3v) is 3.59. The molecule has 0 saturated heterocycles. The van der Waals surface area contributed by atoms with Gasteiger partial charge < -0.3 is 4.74 Å². The molecule has 0 saturated carbocycles. The fourth-order valence-electron chi connectivity index (χ4n) is 2.39. The molecule has 0 bridgehead atoms. The number of amides is 1. The van der Waals surface area contributed by atoms with Gasteiger partial charge >= 0.3 is 5.97 Å². The van der Waals surface area contributed by atoms with Gasteiger partial charge in [0.05, 0.1) is 13.2 Å². The molecular weight excluding hydrogens is 355 g/mol. The van der Waals surface area contributed by atoms with Crippen molar-refractivity contribution in [2.24, 2.45) is 7.05 Å². The van der Waals surface area contributed by atoms with E-state index in [-0.39, 0.29) is 29.8 Å². The molecule has 1 aromatic carbocycles. The Morgan fingerprint density at radius 3 is 2.81 bits per heavy atom. The van der Waals surface area contributed by atoms with Crippen LogP contribution in [-0.4, -0.2) is 43.0 Å². The van der Waals surface area contributed by atoms with Crippen molar-refractivity contribution in [3.05, 3.63) is 59.4 Å². The third-order valence-electron chi connectivity index (χ3n) is 3.59. The summed E-state index contributed by atoms with van der Waals surface area (Å²) in [6.07, 6.45) is 1.42. The highest BCUT2D eigenvalue weighted by molar-refractivity contribution is 6.03. The second-order valence-corrected chi connectivity index (χ2v) is 5.61. The second kappa shape index (κ2) is 7.77. The Hall–Kier alpha value is -3.56. The normalized spacial score (nSPS) is 10.6. The Morgan fingerprint density at radius 2 is 2.07 bits per heavy atom. The highest BCUT2D eigenvalue weighted by Crippen LogP contribution is 2.09. The standard InChI is InChI=1S/C17H17FN6O3/c1-3-27-16(26)14-8-13(21-23(14)2)15(25)20-17-19-10-24(22-17)9-11-5-4-6-12(18)7-11/h4-8,10H,3,9H2,1-2H3,(H,20,22,25). The van der Waals surface area contributed by atoms with Crippen LogP contribution < -0.4 is 5.32 Å². The van der Waals surface area contributed by atoms with Crippen molar-refractivity contribution >= 4 is 17.8 Å². The van der Waals surface area contributed by atoms with E-state index in [9.17, 15) is 14.0 Å². The molecule has 140 valence electrons. The highest BCUT2D eigenvalue weighted by atomic mass is 19.1. The molecule has 3 aromatic rings. The van der Waals surface area contributed by atoms with Crippen molar-refractivity contribution in [1.82, 2.24) is 24.5 Å². The summed E-state index contributed by atoms with van der Waals surface area (Å²) >= 11 is 0. The minimum Gasteiger partial charge on any atom is -0.461 e. The number of carbonyl (C=O) groups is 2. The predicted molar refractivity (Wildman–Crippen MR) is 92.6 cm³/mol. The van der Waals surface area contributed by atoms with Gasteiger partial charge in [-0.3, -0.25) is 14.8 Å². The molecule has 1 N–H and O–H groups in total. The average molecular weight is 372 g/mol. The van der Waals surface area contributed by atoms with Gasteiger partial charge in [0.2, 0.25) is 5.95 Å². The second-order valence-electron chi connectivity index (χ2n) is 5.61. The molecule has 0 aliphatic rings. The fourth-order valence-corrected chi connectivity index (χ4v) is 2.39. The summed E-state index contributed by atoms with van der Waals surface area (Å²) < 4.78 is 20.9. The van der Waals surface area contributed by atoms with E-state index >= 15 is 0 Å². The molecule has 0 spiro atoms. The van der Waals surface area contributed by atoms with E-state index < -0.39 is 11.9 Å². The molecule has 0 radical (unpaired) electrons. The van der Waals surface area contributed by atoms with Crippen LogP contribution in [0.1, 0.15) is 33.5 Å². The number of esters is 1. The van der Waals surface area contributed by atoms with Crippen molar-refractivity contribution in [2.45, 2.75) is 13.5 Å². The van der Waals surface area contributed by atoms with Crippen molar-refractivity contribution in [3.8, 4) is 0 Å². The van der Waals surface area contributed by atoms with Crippen LogP contribution in [0.25, 0.3) is 0 Å². The average Bonchev–Trinajstić information content (AvgIpc) is 3.21. The Kier molecular flexibility index (Phi) is 5.25. The zero-order chi connectivity index (χ0) is 19.4. The van der Waals surface area contributed by atoms with Gasteiger partial charge in [-0.05, 0) is 24.6 Å². The molecule has 10 heteroatoms. The van der Waals surface area contributed by atoms with E-state index in [0.717, 1.165) is 0 Å². The van der Waals surface area contributed by atoms with Crippen LogP contribution >= 0.6 is 0 Å². The molecule has 0 aliphatic carbocycles. The van der Waals surface area contributed by atoms with E-state index in [2.05, 4.69) is 20.5 Å². The summed E-state index contributed by atoms with van der Waals surface area (Å²) in [4.78, 5) is 28.1. The lowest BCUT2D eigenvalue weighted by atomic mass is 10.2. The van der Waals surface area contributed by atoms with Gasteiger partial charge in [-0.25, -0.2) is 18.9 Å². The van der Waals surface area contributed by atoms with E-state index in [1.165, 1.54) is 40.9 Å². The number of carbonyl (C=O) groups excluding carboxylic acids is 2. The predicted octanol–water partition coefficient (Wildman–Crippen LogP) is 1.63. The van der Waals surface area contributed by atoms with Crippen LogP contribution in [0, 0.1) is 5.82 Å². The maximum absolute atomic E-state index is 13.2.